The van der Waals surface area contributed by atoms with Crippen molar-refractivity contribution in [3.05, 3.63) is 15.6 Å². The first-order chi connectivity index (χ1) is 10.1. The number of rotatable bonds is 4. The number of aromatic nitrogens is 1. The molecule has 0 saturated carbocycles. The molecule has 0 bridgehead atoms. The van der Waals surface area contributed by atoms with Crippen LogP contribution in [0.4, 0.5) is 0 Å². The zero-order valence-electron chi connectivity index (χ0n) is 13.7. The quantitative estimate of drug-likeness (QED) is 0.925. The summed E-state index contributed by atoms with van der Waals surface area (Å²) in [6.07, 6.45) is 8.71. The van der Waals surface area contributed by atoms with E-state index in [-0.39, 0.29) is 5.54 Å². The van der Waals surface area contributed by atoms with Crippen LogP contribution in [-0.4, -0.2) is 36.1 Å². The Morgan fingerprint density at radius 3 is 2.90 bits per heavy atom. The van der Waals surface area contributed by atoms with Crippen LogP contribution in [0.3, 0.4) is 0 Å². The van der Waals surface area contributed by atoms with Crippen molar-refractivity contribution in [1.29, 1.82) is 0 Å². The van der Waals surface area contributed by atoms with Gasteiger partial charge in [-0.2, -0.15) is 0 Å². The van der Waals surface area contributed by atoms with E-state index in [9.17, 15) is 0 Å². The summed E-state index contributed by atoms with van der Waals surface area (Å²) in [7, 11) is 2.25. The van der Waals surface area contributed by atoms with Crippen LogP contribution in [0.25, 0.3) is 0 Å². The zero-order valence-corrected chi connectivity index (χ0v) is 14.6. The fourth-order valence-corrected chi connectivity index (χ4v) is 5.06. The minimum absolute atomic E-state index is 0.129. The van der Waals surface area contributed by atoms with E-state index < -0.39 is 0 Å². The summed E-state index contributed by atoms with van der Waals surface area (Å²) in [6, 6.07) is 0.629. The zero-order chi connectivity index (χ0) is 14.9. The summed E-state index contributed by atoms with van der Waals surface area (Å²) in [5.74, 6) is 0. The Hall–Kier alpha value is -0.450. The van der Waals surface area contributed by atoms with Crippen molar-refractivity contribution in [3.63, 3.8) is 0 Å². The van der Waals surface area contributed by atoms with E-state index in [4.69, 9.17) is 4.98 Å². The molecule has 0 aromatic carbocycles. The average molecular weight is 308 g/mol. The van der Waals surface area contributed by atoms with Crippen LogP contribution in [0.2, 0.25) is 0 Å². The Balaban J connectivity index is 1.89. The van der Waals surface area contributed by atoms with Gasteiger partial charge >= 0.3 is 0 Å². The maximum Gasteiger partial charge on any atom is 0.113 e. The molecule has 1 saturated heterocycles. The SMILES string of the molecule is CCCNC1(c2nc3c(s2)CCCC3)CCN(C)C(C)C1. The minimum Gasteiger partial charge on any atom is -0.305 e. The smallest absolute Gasteiger partial charge is 0.113 e. The molecule has 0 amide bonds. The van der Waals surface area contributed by atoms with Gasteiger partial charge in [-0.1, -0.05) is 6.92 Å². The highest BCUT2D eigenvalue weighted by atomic mass is 32.1. The first-order valence-corrected chi connectivity index (χ1v) is 9.40. The number of thiazole rings is 1. The van der Waals surface area contributed by atoms with Crippen LogP contribution < -0.4 is 5.32 Å². The number of piperidine rings is 1. The van der Waals surface area contributed by atoms with E-state index in [0.29, 0.717) is 6.04 Å². The average Bonchev–Trinajstić information content (AvgIpc) is 2.93. The number of nitrogens with zero attached hydrogens (tertiary/aromatic N) is 2. The third-order valence-electron chi connectivity index (χ3n) is 5.26. The maximum atomic E-state index is 5.10. The van der Waals surface area contributed by atoms with Crippen molar-refractivity contribution in [3.8, 4) is 0 Å². The molecule has 2 aliphatic rings. The lowest BCUT2D eigenvalue weighted by Crippen LogP contribution is -2.53. The van der Waals surface area contributed by atoms with E-state index in [2.05, 4.69) is 31.1 Å². The molecule has 1 aromatic heterocycles. The summed E-state index contributed by atoms with van der Waals surface area (Å²) in [6.45, 7) is 6.88. The molecule has 3 nitrogen and oxygen atoms in total. The Bertz CT molecular complexity index is 457. The molecular formula is C17H29N3S. The largest absolute Gasteiger partial charge is 0.305 e. The Kier molecular flexibility index (Phi) is 4.67. The van der Waals surface area contributed by atoms with Crippen molar-refractivity contribution in [2.24, 2.45) is 0 Å². The standard InChI is InChI=1S/C17H29N3S/c1-4-10-18-17(9-11-20(3)13(2)12-17)16-19-14-7-5-6-8-15(14)21-16/h13,18H,4-12H2,1-3H3. The molecule has 2 atom stereocenters. The first kappa shape index (κ1) is 15.4. The predicted octanol–water partition coefficient (Wildman–Crippen LogP) is 3.33. The van der Waals surface area contributed by atoms with Crippen molar-refractivity contribution in [2.45, 2.75) is 70.4 Å². The minimum atomic E-state index is 0.129. The van der Waals surface area contributed by atoms with Crippen molar-refractivity contribution < 1.29 is 0 Å². The van der Waals surface area contributed by atoms with Crippen molar-refractivity contribution in [1.82, 2.24) is 15.2 Å². The van der Waals surface area contributed by atoms with E-state index >= 15 is 0 Å². The summed E-state index contributed by atoms with van der Waals surface area (Å²) < 4.78 is 0. The lowest BCUT2D eigenvalue weighted by Gasteiger charge is -2.44. The van der Waals surface area contributed by atoms with Gasteiger partial charge in [0.2, 0.25) is 0 Å². The fraction of sp³-hybridized carbons (Fsp3) is 0.824. The van der Waals surface area contributed by atoms with Crippen molar-refractivity contribution in [2.75, 3.05) is 20.1 Å². The van der Waals surface area contributed by atoms with Gasteiger partial charge in [0.1, 0.15) is 5.01 Å². The van der Waals surface area contributed by atoms with Crippen LogP contribution >= 0.6 is 11.3 Å². The number of aryl methyl sites for hydroxylation is 2. The molecule has 1 aromatic rings. The molecule has 2 unspecified atom stereocenters. The van der Waals surface area contributed by atoms with Crippen LogP contribution in [-0.2, 0) is 18.4 Å². The Morgan fingerprint density at radius 1 is 1.38 bits per heavy atom. The highest BCUT2D eigenvalue weighted by Gasteiger charge is 2.41. The number of likely N-dealkylation sites (tertiary alicyclic amines) is 1. The van der Waals surface area contributed by atoms with Gasteiger partial charge in [-0.05, 0) is 65.5 Å². The molecule has 1 aliphatic heterocycles. The molecule has 1 N–H and O–H groups in total. The number of nitrogens with one attached hydrogen (secondary N) is 1. The number of hydrogen-bond acceptors (Lipinski definition) is 4. The third kappa shape index (κ3) is 3.03. The molecular weight excluding hydrogens is 278 g/mol. The van der Waals surface area contributed by atoms with E-state index in [1.807, 2.05) is 11.3 Å². The molecule has 1 aliphatic carbocycles. The first-order valence-electron chi connectivity index (χ1n) is 8.59. The van der Waals surface area contributed by atoms with Gasteiger partial charge in [0.15, 0.2) is 0 Å². The molecule has 2 heterocycles. The maximum absolute atomic E-state index is 5.10. The van der Waals surface area contributed by atoms with E-state index in [0.717, 1.165) is 6.54 Å². The summed E-state index contributed by atoms with van der Waals surface area (Å²) in [4.78, 5) is 9.15. The normalized spacial score (nSPS) is 30.3. The van der Waals surface area contributed by atoms with Gasteiger partial charge in [-0.15, -0.1) is 11.3 Å². The second-order valence-electron chi connectivity index (χ2n) is 6.89. The van der Waals surface area contributed by atoms with Crippen LogP contribution in [0, 0.1) is 0 Å². The number of fused-ring (bicyclic) bond motifs is 1. The molecule has 1 fully saturated rings. The number of hydrogen-bond donors (Lipinski definition) is 1. The molecule has 21 heavy (non-hydrogen) atoms. The van der Waals surface area contributed by atoms with E-state index in [1.54, 1.807) is 4.88 Å². The second-order valence-corrected chi connectivity index (χ2v) is 7.97. The van der Waals surface area contributed by atoms with Gasteiger partial charge in [0, 0.05) is 17.5 Å². The van der Waals surface area contributed by atoms with Gasteiger partial charge in [-0.3, -0.25) is 0 Å². The highest BCUT2D eigenvalue weighted by molar-refractivity contribution is 7.11. The Labute approximate surface area is 133 Å². The summed E-state index contributed by atoms with van der Waals surface area (Å²) in [5, 5.41) is 5.26. The predicted molar refractivity (Wildman–Crippen MR) is 90.1 cm³/mol. The topological polar surface area (TPSA) is 28.2 Å². The lowest BCUT2D eigenvalue weighted by atomic mass is 9.84. The van der Waals surface area contributed by atoms with Gasteiger partial charge < -0.3 is 10.2 Å². The summed E-state index contributed by atoms with van der Waals surface area (Å²) >= 11 is 2.00. The highest BCUT2D eigenvalue weighted by Crippen LogP contribution is 2.40. The van der Waals surface area contributed by atoms with E-state index in [1.165, 1.54) is 62.2 Å². The molecule has 3 rings (SSSR count). The fourth-order valence-electron chi connectivity index (χ4n) is 3.70. The molecule has 0 radical (unpaired) electrons. The second kappa shape index (κ2) is 6.35. The van der Waals surface area contributed by atoms with Crippen LogP contribution in [0.15, 0.2) is 0 Å². The van der Waals surface area contributed by atoms with Crippen molar-refractivity contribution >= 4 is 11.3 Å². The van der Waals surface area contributed by atoms with Crippen LogP contribution in [0.1, 0.15) is 61.5 Å². The third-order valence-corrected chi connectivity index (χ3v) is 6.62. The van der Waals surface area contributed by atoms with Crippen LogP contribution in [0.5, 0.6) is 0 Å². The van der Waals surface area contributed by atoms with Gasteiger partial charge in [-0.25, -0.2) is 4.98 Å². The van der Waals surface area contributed by atoms with Gasteiger partial charge in [0.25, 0.3) is 0 Å². The molecule has 4 heteroatoms. The lowest BCUT2D eigenvalue weighted by molar-refractivity contribution is 0.106. The molecule has 118 valence electrons. The monoisotopic (exact) mass is 307 g/mol. The Morgan fingerprint density at radius 2 is 2.19 bits per heavy atom. The van der Waals surface area contributed by atoms with Gasteiger partial charge in [0.05, 0.1) is 11.2 Å². The molecule has 0 spiro atoms. The summed E-state index contributed by atoms with van der Waals surface area (Å²) in [5.41, 5.74) is 1.54.